The molecule has 2 N–H and O–H groups in total. The van der Waals surface area contributed by atoms with Crippen molar-refractivity contribution in [2.24, 2.45) is 11.7 Å². The Morgan fingerprint density at radius 1 is 1.15 bits per heavy atom. The number of benzene rings is 1. The lowest BCUT2D eigenvalue weighted by atomic mass is 9.91. The molecule has 1 aromatic carbocycles. The van der Waals surface area contributed by atoms with Crippen LogP contribution in [-0.2, 0) is 0 Å². The Hall–Kier alpha value is -0.930. The molecule has 0 amide bonds. The topological polar surface area (TPSA) is 29.3 Å². The lowest BCUT2D eigenvalue weighted by Gasteiger charge is -2.38. The first kappa shape index (κ1) is 14.0. The average molecular weight is 276 g/mol. The van der Waals surface area contributed by atoms with E-state index in [2.05, 4.69) is 4.90 Å². The summed E-state index contributed by atoms with van der Waals surface area (Å²) in [4.78, 5) is 2.66. The number of likely N-dealkylation sites (tertiary alicyclic amines) is 1. The van der Waals surface area contributed by atoms with E-state index in [1.807, 2.05) is 12.1 Å². The molecular weight excluding hydrogens is 251 g/mol. The minimum Gasteiger partial charge on any atom is -0.324 e. The predicted molar refractivity (Wildman–Crippen MR) is 79.9 cm³/mol. The molecule has 2 fully saturated rings. The van der Waals surface area contributed by atoms with Gasteiger partial charge in [-0.2, -0.15) is 0 Å². The summed E-state index contributed by atoms with van der Waals surface area (Å²) in [6, 6.07) is 7.47. The molecule has 110 valence electrons. The van der Waals surface area contributed by atoms with Gasteiger partial charge >= 0.3 is 0 Å². The van der Waals surface area contributed by atoms with E-state index >= 15 is 0 Å². The zero-order chi connectivity index (χ0) is 13.9. The maximum Gasteiger partial charge on any atom is 0.123 e. The lowest BCUT2D eigenvalue weighted by molar-refractivity contribution is 0.109. The Kier molecular flexibility index (Phi) is 4.37. The van der Waals surface area contributed by atoms with Gasteiger partial charge in [0.05, 0.1) is 0 Å². The number of hydrogen-bond acceptors (Lipinski definition) is 2. The number of fused-ring (bicyclic) bond motifs is 1. The molecular formula is C17H25FN2. The summed E-state index contributed by atoms with van der Waals surface area (Å²) >= 11 is 0. The normalized spacial score (nSPS) is 28.3. The lowest BCUT2D eigenvalue weighted by Crippen LogP contribution is -2.43. The van der Waals surface area contributed by atoms with E-state index in [1.165, 1.54) is 50.8 Å². The van der Waals surface area contributed by atoms with E-state index in [1.54, 1.807) is 0 Å². The standard InChI is InChI=1S/C17H25FN2/c18-15-8-6-13(7-9-15)16(19)10-12-20-11-2-4-14-3-1-5-17(14)20/h6-9,14,16-17H,1-5,10-12,19H2. The summed E-state index contributed by atoms with van der Waals surface area (Å²) in [6.07, 6.45) is 7.92. The number of nitrogens with two attached hydrogens (primary N) is 1. The zero-order valence-electron chi connectivity index (χ0n) is 12.1. The SMILES string of the molecule is NC(CCN1CCCC2CCCC21)c1ccc(F)cc1. The highest BCUT2D eigenvalue weighted by molar-refractivity contribution is 5.19. The van der Waals surface area contributed by atoms with Crippen molar-refractivity contribution in [2.75, 3.05) is 13.1 Å². The molecule has 3 atom stereocenters. The first-order valence-electron chi connectivity index (χ1n) is 7.99. The molecule has 20 heavy (non-hydrogen) atoms. The second-order valence-electron chi connectivity index (χ2n) is 6.38. The van der Waals surface area contributed by atoms with Crippen molar-refractivity contribution >= 4 is 0 Å². The van der Waals surface area contributed by atoms with Gasteiger partial charge in [0, 0.05) is 18.6 Å². The second-order valence-corrected chi connectivity index (χ2v) is 6.38. The molecule has 1 saturated heterocycles. The van der Waals surface area contributed by atoms with Gasteiger partial charge in [0.15, 0.2) is 0 Å². The van der Waals surface area contributed by atoms with Crippen LogP contribution in [-0.4, -0.2) is 24.0 Å². The highest BCUT2D eigenvalue weighted by Gasteiger charge is 2.34. The van der Waals surface area contributed by atoms with Crippen molar-refractivity contribution in [3.63, 3.8) is 0 Å². The van der Waals surface area contributed by atoms with Crippen molar-refractivity contribution in [1.82, 2.24) is 4.90 Å². The van der Waals surface area contributed by atoms with E-state index in [4.69, 9.17) is 5.73 Å². The third kappa shape index (κ3) is 3.04. The van der Waals surface area contributed by atoms with Gasteiger partial charge in [0.25, 0.3) is 0 Å². The largest absolute Gasteiger partial charge is 0.324 e. The van der Waals surface area contributed by atoms with Crippen molar-refractivity contribution in [3.05, 3.63) is 35.6 Å². The molecule has 0 spiro atoms. The average Bonchev–Trinajstić information content (AvgIpc) is 2.94. The Labute approximate surface area is 121 Å². The smallest absolute Gasteiger partial charge is 0.123 e. The maximum absolute atomic E-state index is 12.9. The van der Waals surface area contributed by atoms with Crippen LogP contribution in [0.2, 0.25) is 0 Å². The fourth-order valence-corrected chi connectivity index (χ4v) is 4.02. The number of nitrogens with zero attached hydrogens (tertiary/aromatic N) is 1. The minimum absolute atomic E-state index is 0.0254. The highest BCUT2D eigenvalue weighted by Crippen LogP contribution is 2.37. The quantitative estimate of drug-likeness (QED) is 0.912. The molecule has 3 heteroatoms. The molecule has 1 aliphatic heterocycles. The van der Waals surface area contributed by atoms with Gasteiger partial charge in [-0.25, -0.2) is 4.39 Å². The van der Waals surface area contributed by atoms with Gasteiger partial charge < -0.3 is 10.6 Å². The van der Waals surface area contributed by atoms with E-state index in [9.17, 15) is 4.39 Å². The van der Waals surface area contributed by atoms with Crippen LogP contribution >= 0.6 is 0 Å². The first-order chi connectivity index (χ1) is 9.74. The van der Waals surface area contributed by atoms with Crippen molar-refractivity contribution in [1.29, 1.82) is 0 Å². The molecule has 1 aromatic rings. The molecule has 0 radical (unpaired) electrons. The Morgan fingerprint density at radius 2 is 1.90 bits per heavy atom. The van der Waals surface area contributed by atoms with Crippen molar-refractivity contribution in [3.8, 4) is 0 Å². The van der Waals surface area contributed by atoms with Crippen LogP contribution in [0.5, 0.6) is 0 Å². The molecule has 1 aliphatic carbocycles. The van der Waals surface area contributed by atoms with Crippen LogP contribution in [0.15, 0.2) is 24.3 Å². The molecule has 3 unspecified atom stereocenters. The van der Waals surface area contributed by atoms with Crippen LogP contribution in [0.3, 0.4) is 0 Å². The van der Waals surface area contributed by atoms with Gasteiger partial charge in [-0.05, 0) is 62.3 Å². The fraction of sp³-hybridized carbons (Fsp3) is 0.647. The van der Waals surface area contributed by atoms with Crippen molar-refractivity contribution in [2.45, 2.75) is 50.6 Å². The van der Waals surface area contributed by atoms with Crippen LogP contribution in [0.1, 0.15) is 50.1 Å². The molecule has 0 aromatic heterocycles. The van der Waals surface area contributed by atoms with Crippen LogP contribution in [0.4, 0.5) is 4.39 Å². The first-order valence-corrected chi connectivity index (χ1v) is 7.99. The molecule has 1 saturated carbocycles. The Bertz CT molecular complexity index is 431. The predicted octanol–water partition coefficient (Wildman–Crippen LogP) is 3.48. The summed E-state index contributed by atoms with van der Waals surface area (Å²) in [5.74, 6) is 0.747. The third-order valence-corrected chi connectivity index (χ3v) is 5.13. The summed E-state index contributed by atoms with van der Waals surface area (Å²) in [5.41, 5.74) is 7.30. The monoisotopic (exact) mass is 276 g/mol. The molecule has 3 rings (SSSR count). The molecule has 2 aliphatic rings. The van der Waals surface area contributed by atoms with E-state index in [0.29, 0.717) is 0 Å². The van der Waals surface area contributed by atoms with Gasteiger partial charge in [0.1, 0.15) is 5.82 Å². The third-order valence-electron chi connectivity index (χ3n) is 5.13. The summed E-state index contributed by atoms with van der Waals surface area (Å²) in [5, 5.41) is 0. The van der Waals surface area contributed by atoms with Gasteiger partial charge in [-0.1, -0.05) is 18.6 Å². The van der Waals surface area contributed by atoms with Gasteiger partial charge in [-0.15, -0.1) is 0 Å². The number of hydrogen-bond donors (Lipinski definition) is 1. The van der Waals surface area contributed by atoms with Crippen LogP contribution in [0, 0.1) is 11.7 Å². The molecule has 1 heterocycles. The maximum atomic E-state index is 12.9. The fourth-order valence-electron chi connectivity index (χ4n) is 4.02. The zero-order valence-corrected chi connectivity index (χ0v) is 12.1. The molecule has 2 nitrogen and oxygen atoms in total. The van der Waals surface area contributed by atoms with Crippen molar-refractivity contribution < 1.29 is 4.39 Å². The van der Waals surface area contributed by atoms with E-state index in [-0.39, 0.29) is 11.9 Å². The number of rotatable bonds is 4. The summed E-state index contributed by atoms with van der Waals surface area (Å²) < 4.78 is 12.9. The number of piperidine rings is 1. The van der Waals surface area contributed by atoms with E-state index < -0.39 is 0 Å². The minimum atomic E-state index is -0.189. The summed E-state index contributed by atoms with van der Waals surface area (Å²) in [6.45, 7) is 2.32. The summed E-state index contributed by atoms with van der Waals surface area (Å²) in [7, 11) is 0. The van der Waals surface area contributed by atoms with E-state index in [0.717, 1.165) is 30.5 Å². The van der Waals surface area contributed by atoms with Crippen LogP contribution < -0.4 is 5.73 Å². The Balaban J connectivity index is 1.54. The van der Waals surface area contributed by atoms with Gasteiger partial charge in [-0.3, -0.25) is 0 Å². The van der Waals surface area contributed by atoms with Gasteiger partial charge in [0.2, 0.25) is 0 Å². The highest BCUT2D eigenvalue weighted by atomic mass is 19.1. The van der Waals surface area contributed by atoms with Crippen LogP contribution in [0.25, 0.3) is 0 Å². The Morgan fingerprint density at radius 3 is 2.70 bits per heavy atom. The second kappa shape index (κ2) is 6.23. The number of halogens is 1. The molecule has 0 bridgehead atoms.